The lowest BCUT2D eigenvalue weighted by atomic mass is 10.00. The van der Waals surface area contributed by atoms with Gasteiger partial charge < -0.3 is 11.1 Å². The van der Waals surface area contributed by atoms with Crippen LogP contribution < -0.4 is 11.1 Å². The maximum Gasteiger partial charge on any atom is 0.196 e. The summed E-state index contributed by atoms with van der Waals surface area (Å²) in [6.45, 7) is 1.69. The summed E-state index contributed by atoms with van der Waals surface area (Å²) in [5.41, 5.74) is 9.29. The van der Waals surface area contributed by atoms with Gasteiger partial charge in [-0.1, -0.05) is 12.1 Å². The van der Waals surface area contributed by atoms with Crippen LogP contribution in [0.5, 0.6) is 0 Å². The van der Waals surface area contributed by atoms with Gasteiger partial charge in [-0.2, -0.15) is 0 Å². The van der Waals surface area contributed by atoms with Crippen molar-refractivity contribution in [2.45, 2.75) is 13.1 Å². The molecule has 0 saturated heterocycles. The van der Waals surface area contributed by atoms with Crippen molar-refractivity contribution in [3.8, 4) is 0 Å². The fraction of sp³-hybridized carbons (Fsp3) is 0.143. The highest BCUT2D eigenvalue weighted by Crippen LogP contribution is 2.20. The highest BCUT2D eigenvalue weighted by Gasteiger charge is 2.16. The lowest BCUT2D eigenvalue weighted by Crippen LogP contribution is -2.07. The predicted octanol–water partition coefficient (Wildman–Crippen LogP) is 1.50. The van der Waals surface area contributed by atoms with Crippen LogP contribution >= 0.6 is 0 Å². The number of anilines is 1. The Morgan fingerprint density at radius 2 is 2.06 bits per heavy atom. The summed E-state index contributed by atoms with van der Waals surface area (Å²) in [5, 5.41) is 3.26. The molecule has 0 spiro atoms. The Labute approximate surface area is 105 Å². The number of carbonyl (C=O) groups is 1. The third kappa shape index (κ3) is 1.76. The number of pyridine rings is 1. The molecule has 90 valence electrons. The van der Waals surface area contributed by atoms with E-state index < -0.39 is 0 Å². The molecule has 4 heteroatoms. The number of fused-ring (bicyclic) bond motifs is 1. The van der Waals surface area contributed by atoms with Crippen LogP contribution in [0.15, 0.2) is 36.5 Å². The molecule has 0 saturated carbocycles. The number of carbonyl (C=O) groups excluding carboxylic acids is 1. The number of benzene rings is 1. The second kappa shape index (κ2) is 4.23. The highest BCUT2D eigenvalue weighted by atomic mass is 16.1. The van der Waals surface area contributed by atoms with E-state index in [1.165, 1.54) is 11.1 Å². The molecule has 0 atom stereocenters. The minimum absolute atomic E-state index is 0.0738. The van der Waals surface area contributed by atoms with Gasteiger partial charge in [0.1, 0.15) is 5.82 Å². The zero-order chi connectivity index (χ0) is 12.5. The van der Waals surface area contributed by atoms with Crippen molar-refractivity contribution in [2.24, 2.45) is 0 Å². The molecular formula is C14H13N3O. The molecule has 0 amide bonds. The number of nitrogens with one attached hydrogen (secondary N) is 1. The van der Waals surface area contributed by atoms with Crippen LogP contribution in [0.2, 0.25) is 0 Å². The van der Waals surface area contributed by atoms with Gasteiger partial charge in [0.2, 0.25) is 0 Å². The van der Waals surface area contributed by atoms with E-state index in [0.717, 1.165) is 13.1 Å². The SMILES string of the molecule is Nc1ncccc1C(=O)c1ccc2c(c1)CNC2. The topological polar surface area (TPSA) is 68.0 Å². The predicted molar refractivity (Wildman–Crippen MR) is 69.1 cm³/mol. The van der Waals surface area contributed by atoms with E-state index in [2.05, 4.69) is 10.3 Å². The van der Waals surface area contributed by atoms with Crippen molar-refractivity contribution in [2.75, 3.05) is 5.73 Å². The zero-order valence-electron chi connectivity index (χ0n) is 9.81. The average molecular weight is 239 g/mol. The molecule has 2 aromatic rings. The van der Waals surface area contributed by atoms with Gasteiger partial charge in [0.05, 0.1) is 5.56 Å². The standard InChI is InChI=1S/C14H13N3O/c15-14-12(2-1-5-17-14)13(18)9-3-4-10-7-16-8-11(10)6-9/h1-6,16H,7-8H2,(H2,15,17). The minimum atomic E-state index is -0.0738. The van der Waals surface area contributed by atoms with Crippen LogP contribution in [0.1, 0.15) is 27.0 Å². The molecule has 1 aromatic carbocycles. The van der Waals surface area contributed by atoms with Gasteiger partial charge in [0, 0.05) is 24.8 Å². The van der Waals surface area contributed by atoms with Crippen LogP contribution in [0.25, 0.3) is 0 Å². The second-order valence-electron chi connectivity index (χ2n) is 4.35. The average Bonchev–Trinajstić information content (AvgIpc) is 2.85. The van der Waals surface area contributed by atoms with Crippen molar-refractivity contribution in [3.05, 3.63) is 58.8 Å². The van der Waals surface area contributed by atoms with Crippen LogP contribution in [-0.4, -0.2) is 10.8 Å². The highest BCUT2D eigenvalue weighted by molar-refractivity contribution is 6.11. The van der Waals surface area contributed by atoms with E-state index in [0.29, 0.717) is 11.1 Å². The molecule has 3 N–H and O–H groups in total. The molecule has 3 rings (SSSR count). The van der Waals surface area contributed by atoms with Crippen molar-refractivity contribution in [3.63, 3.8) is 0 Å². The van der Waals surface area contributed by atoms with Gasteiger partial charge in [-0.3, -0.25) is 4.79 Å². The lowest BCUT2D eigenvalue weighted by Gasteiger charge is -2.05. The van der Waals surface area contributed by atoms with E-state index in [1.807, 2.05) is 18.2 Å². The molecule has 1 aliphatic heterocycles. The van der Waals surface area contributed by atoms with Crippen molar-refractivity contribution < 1.29 is 4.79 Å². The van der Waals surface area contributed by atoms with Crippen LogP contribution in [-0.2, 0) is 13.1 Å². The maximum absolute atomic E-state index is 12.3. The quantitative estimate of drug-likeness (QED) is 0.779. The van der Waals surface area contributed by atoms with Crippen LogP contribution in [0.4, 0.5) is 5.82 Å². The molecule has 4 nitrogen and oxygen atoms in total. The van der Waals surface area contributed by atoms with Gasteiger partial charge in [-0.05, 0) is 29.3 Å². The van der Waals surface area contributed by atoms with Gasteiger partial charge in [-0.15, -0.1) is 0 Å². The van der Waals surface area contributed by atoms with Crippen molar-refractivity contribution in [1.29, 1.82) is 0 Å². The molecular weight excluding hydrogens is 226 g/mol. The summed E-state index contributed by atoms with van der Waals surface area (Å²) in [5.74, 6) is 0.205. The van der Waals surface area contributed by atoms with Crippen molar-refractivity contribution >= 4 is 11.6 Å². The molecule has 0 aliphatic carbocycles. The Balaban J connectivity index is 2.01. The van der Waals surface area contributed by atoms with E-state index >= 15 is 0 Å². The van der Waals surface area contributed by atoms with Gasteiger partial charge in [0.15, 0.2) is 5.78 Å². The number of rotatable bonds is 2. The van der Waals surface area contributed by atoms with E-state index in [9.17, 15) is 4.79 Å². The molecule has 0 radical (unpaired) electrons. The largest absolute Gasteiger partial charge is 0.383 e. The first kappa shape index (κ1) is 10.9. The van der Waals surface area contributed by atoms with Gasteiger partial charge in [-0.25, -0.2) is 4.98 Å². The summed E-state index contributed by atoms with van der Waals surface area (Å²) < 4.78 is 0. The normalized spacial score (nSPS) is 13.3. The Morgan fingerprint density at radius 1 is 1.22 bits per heavy atom. The van der Waals surface area contributed by atoms with Crippen LogP contribution in [0.3, 0.4) is 0 Å². The molecule has 0 fully saturated rings. The van der Waals surface area contributed by atoms with E-state index in [4.69, 9.17) is 5.73 Å². The number of nitrogens with zero attached hydrogens (tertiary/aromatic N) is 1. The molecule has 0 bridgehead atoms. The summed E-state index contributed by atoms with van der Waals surface area (Å²) in [4.78, 5) is 16.3. The van der Waals surface area contributed by atoms with Gasteiger partial charge >= 0.3 is 0 Å². The smallest absolute Gasteiger partial charge is 0.196 e. The number of nitrogens with two attached hydrogens (primary N) is 1. The summed E-state index contributed by atoms with van der Waals surface area (Å²) in [6, 6.07) is 9.20. The number of ketones is 1. The fourth-order valence-electron chi connectivity index (χ4n) is 2.20. The lowest BCUT2D eigenvalue weighted by molar-refractivity contribution is 0.103. The third-order valence-corrected chi connectivity index (χ3v) is 3.18. The Kier molecular flexibility index (Phi) is 2.57. The third-order valence-electron chi connectivity index (χ3n) is 3.18. The Bertz CT molecular complexity index is 622. The summed E-state index contributed by atoms with van der Waals surface area (Å²) >= 11 is 0. The summed E-state index contributed by atoms with van der Waals surface area (Å²) in [6.07, 6.45) is 1.58. The van der Waals surface area contributed by atoms with Crippen LogP contribution in [0, 0.1) is 0 Å². The number of hydrogen-bond acceptors (Lipinski definition) is 4. The summed E-state index contributed by atoms with van der Waals surface area (Å²) in [7, 11) is 0. The molecule has 18 heavy (non-hydrogen) atoms. The first-order valence-corrected chi connectivity index (χ1v) is 5.83. The molecule has 1 aliphatic rings. The second-order valence-corrected chi connectivity index (χ2v) is 4.35. The molecule has 2 heterocycles. The first-order chi connectivity index (χ1) is 8.75. The maximum atomic E-state index is 12.3. The number of aromatic nitrogens is 1. The van der Waals surface area contributed by atoms with E-state index in [1.54, 1.807) is 18.3 Å². The van der Waals surface area contributed by atoms with Crippen molar-refractivity contribution in [1.82, 2.24) is 10.3 Å². The Morgan fingerprint density at radius 3 is 2.89 bits per heavy atom. The first-order valence-electron chi connectivity index (χ1n) is 5.83. The minimum Gasteiger partial charge on any atom is -0.383 e. The van der Waals surface area contributed by atoms with Gasteiger partial charge in [0.25, 0.3) is 0 Å². The fourth-order valence-corrected chi connectivity index (χ4v) is 2.20. The number of nitrogen functional groups attached to an aromatic ring is 1. The Hall–Kier alpha value is -2.20. The molecule has 0 unspecified atom stereocenters. The number of hydrogen-bond donors (Lipinski definition) is 2. The molecule has 1 aromatic heterocycles. The van der Waals surface area contributed by atoms with E-state index in [-0.39, 0.29) is 11.6 Å². The monoisotopic (exact) mass is 239 g/mol. The zero-order valence-corrected chi connectivity index (χ0v) is 9.81.